The van der Waals surface area contributed by atoms with E-state index in [-0.39, 0.29) is 5.91 Å². The lowest BCUT2D eigenvalue weighted by molar-refractivity contribution is -0.131. The van der Waals surface area contributed by atoms with Gasteiger partial charge in [0.25, 0.3) is 0 Å². The monoisotopic (exact) mass is 169 g/mol. The predicted octanol–water partition coefficient (Wildman–Crippen LogP) is 2.04. The molecule has 0 spiro atoms. The minimum Gasteiger partial charge on any atom is -0.343 e. The van der Waals surface area contributed by atoms with Gasteiger partial charge in [0.2, 0.25) is 5.91 Å². The average molecular weight is 169 g/mol. The van der Waals surface area contributed by atoms with E-state index in [4.69, 9.17) is 0 Å². The second-order valence-corrected chi connectivity index (χ2v) is 4.17. The van der Waals surface area contributed by atoms with E-state index in [0.717, 1.165) is 13.1 Å². The quantitative estimate of drug-likeness (QED) is 0.588. The highest BCUT2D eigenvalue weighted by Crippen LogP contribution is 2.33. The van der Waals surface area contributed by atoms with Crippen molar-refractivity contribution < 1.29 is 4.79 Å². The summed E-state index contributed by atoms with van der Waals surface area (Å²) < 4.78 is 0. The summed E-state index contributed by atoms with van der Waals surface area (Å²) in [6.07, 6.45) is 3.57. The van der Waals surface area contributed by atoms with Gasteiger partial charge in [-0.25, -0.2) is 0 Å². The summed E-state index contributed by atoms with van der Waals surface area (Å²) >= 11 is 0. The molecule has 1 aliphatic rings. The van der Waals surface area contributed by atoms with Crippen LogP contribution in [0.4, 0.5) is 0 Å². The Hall–Kier alpha value is -0.530. The number of carbonyl (C=O) groups is 1. The van der Waals surface area contributed by atoms with Crippen LogP contribution in [0.15, 0.2) is 0 Å². The zero-order valence-electron chi connectivity index (χ0n) is 8.39. The Labute approximate surface area is 74.9 Å². The Morgan fingerprint density at radius 2 is 1.92 bits per heavy atom. The van der Waals surface area contributed by atoms with Gasteiger partial charge >= 0.3 is 0 Å². The lowest BCUT2D eigenvalue weighted by Gasteiger charge is -2.38. The molecule has 0 N–H and O–H groups in total. The summed E-state index contributed by atoms with van der Waals surface area (Å²) in [7, 11) is 0. The van der Waals surface area contributed by atoms with Gasteiger partial charge in [0, 0.05) is 20.0 Å². The molecule has 0 aliphatic carbocycles. The molecule has 0 radical (unpaired) electrons. The molecular formula is C10H19NO. The van der Waals surface area contributed by atoms with Gasteiger partial charge in [-0.3, -0.25) is 4.79 Å². The van der Waals surface area contributed by atoms with Crippen molar-refractivity contribution >= 4 is 5.91 Å². The van der Waals surface area contributed by atoms with Gasteiger partial charge in [-0.05, 0) is 18.3 Å². The normalized spacial score (nSPS) is 22.4. The van der Waals surface area contributed by atoms with Crippen molar-refractivity contribution in [3.8, 4) is 0 Å². The lowest BCUT2D eigenvalue weighted by Crippen LogP contribution is -2.40. The van der Waals surface area contributed by atoms with Gasteiger partial charge in [-0.2, -0.15) is 0 Å². The largest absolute Gasteiger partial charge is 0.343 e. The Balaban J connectivity index is 2.44. The lowest BCUT2D eigenvalue weighted by atomic mass is 9.78. The Morgan fingerprint density at radius 3 is 2.25 bits per heavy atom. The fourth-order valence-corrected chi connectivity index (χ4v) is 1.72. The molecule has 12 heavy (non-hydrogen) atoms. The summed E-state index contributed by atoms with van der Waals surface area (Å²) in [5.41, 5.74) is 0.492. The maximum absolute atomic E-state index is 11.0. The highest BCUT2D eigenvalue weighted by atomic mass is 16.2. The molecule has 1 heterocycles. The fourth-order valence-electron chi connectivity index (χ4n) is 1.72. The van der Waals surface area contributed by atoms with Crippen LogP contribution in [-0.2, 0) is 4.79 Å². The second-order valence-electron chi connectivity index (χ2n) is 4.17. The first-order valence-electron chi connectivity index (χ1n) is 4.83. The van der Waals surface area contributed by atoms with Crippen LogP contribution < -0.4 is 0 Å². The number of hydrogen-bond acceptors (Lipinski definition) is 1. The van der Waals surface area contributed by atoms with E-state index in [1.165, 1.54) is 19.3 Å². The third-order valence-electron chi connectivity index (χ3n) is 3.27. The molecule has 1 aliphatic heterocycles. The molecule has 2 nitrogen and oxygen atoms in total. The molecular weight excluding hydrogens is 150 g/mol. The molecule has 0 atom stereocenters. The number of amides is 1. The molecule has 2 heteroatoms. The first-order valence-corrected chi connectivity index (χ1v) is 4.83. The average Bonchev–Trinajstić information content (AvgIpc) is 2.05. The minimum atomic E-state index is 0.230. The van der Waals surface area contributed by atoms with Crippen LogP contribution in [0.3, 0.4) is 0 Å². The van der Waals surface area contributed by atoms with Gasteiger partial charge in [0.05, 0.1) is 0 Å². The van der Waals surface area contributed by atoms with Crippen molar-refractivity contribution in [2.45, 2.75) is 40.0 Å². The molecule has 1 rings (SSSR count). The van der Waals surface area contributed by atoms with Crippen LogP contribution in [-0.4, -0.2) is 23.9 Å². The zero-order chi connectivity index (χ0) is 9.19. The number of rotatable bonds is 1. The van der Waals surface area contributed by atoms with E-state index in [9.17, 15) is 4.79 Å². The SMILES string of the molecule is CCC1(C)CCN(C(C)=O)CC1. The Kier molecular flexibility index (Phi) is 2.76. The van der Waals surface area contributed by atoms with Crippen LogP contribution in [0.2, 0.25) is 0 Å². The van der Waals surface area contributed by atoms with Gasteiger partial charge in [-0.15, -0.1) is 0 Å². The maximum Gasteiger partial charge on any atom is 0.219 e. The van der Waals surface area contributed by atoms with E-state index in [0.29, 0.717) is 5.41 Å². The smallest absolute Gasteiger partial charge is 0.219 e. The number of carbonyl (C=O) groups excluding carboxylic acids is 1. The molecule has 0 aromatic carbocycles. The maximum atomic E-state index is 11.0. The molecule has 1 saturated heterocycles. The van der Waals surface area contributed by atoms with E-state index in [1.54, 1.807) is 6.92 Å². The van der Waals surface area contributed by atoms with E-state index in [1.807, 2.05) is 4.90 Å². The molecule has 0 bridgehead atoms. The minimum absolute atomic E-state index is 0.230. The van der Waals surface area contributed by atoms with Crippen LogP contribution in [0, 0.1) is 5.41 Å². The molecule has 0 aromatic heterocycles. The predicted molar refractivity (Wildman–Crippen MR) is 49.9 cm³/mol. The van der Waals surface area contributed by atoms with Crippen LogP contribution in [0.25, 0.3) is 0 Å². The molecule has 0 aromatic rings. The van der Waals surface area contributed by atoms with E-state index < -0.39 is 0 Å². The van der Waals surface area contributed by atoms with E-state index in [2.05, 4.69) is 13.8 Å². The van der Waals surface area contributed by atoms with Crippen molar-refractivity contribution in [2.24, 2.45) is 5.41 Å². The number of piperidine rings is 1. The summed E-state index contributed by atoms with van der Waals surface area (Å²) in [5, 5.41) is 0. The van der Waals surface area contributed by atoms with Crippen molar-refractivity contribution in [3.63, 3.8) is 0 Å². The molecule has 0 unspecified atom stereocenters. The zero-order valence-corrected chi connectivity index (χ0v) is 8.39. The first kappa shape index (κ1) is 9.56. The van der Waals surface area contributed by atoms with Crippen LogP contribution in [0.1, 0.15) is 40.0 Å². The summed E-state index contributed by atoms with van der Waals surface area (Å²) in [5.74, 6) is 0.230. The Morgan fingerprint density at radius 1 is 1.42 bits per heavy atom. The van der Waals surface area contributed by atoms with Crippen molar-refractivity contribution in [3.05, 3.63) is 0 Å². The third kappa shape index (κ3) is 1.99. The standard InChI is InChI=1S/C10H19NO/c1-4-10(3)5-7-11(8-6-10)9(2)12/h4-8H2,1-3H3. The highest BCUT2D eigenvalue weighted by Gasteiger charge is 2.28. The molecule has 1 fully saturated rings. The van der Waals surface area contributed by atoms with Crippen molar-refractivity contribution in [1.29, 1.82) is 0 Å². The van der Waals surface area contributed by atoms with Crippen LogP contribution >= 0.6 is 0 Å². The number of nitrogens with zero attached hydrogens (tertiary/aromatic N) is 1. The van der Waals surface area contributed by atoms with Crippen molar-refractivity contribution in [2.75, 3.05) is 13.1 Å². The third-order valence-corrected chi connectivity index (χ3v) is 3.27. The highest BCUT2D eigenvalue weighted by molar-refractivity contribution is 5.73. The van der Waals surface area contributed by atoms with Gasteiger partial charge in [0.15, 0.2) is 0 Å². The number of likely N-dealkylation sites (tertiary alicyclic amines) is 1. The topological polar surface area (TPSA) is 20.3 Å². The fraction of sp³-hybridized carbons (Fsp3) is 0.900. The Bertz CT molecular complexity index is 169. The molecule has 0 saturated carbocycles. The second kappa shape index (κ2) is 3.46. The van der Waals surface area contributed by atoms with E-state index >= 15 is 0 Å². The van der Waals surface area contributed by atoms with Crippen LogP contribution in [0.5, 0.6) is 0 Å². The first-order chi connectivity index (χ1) is 5.57. The summed E-state index contributed by atoms with van der Waals surface area (Å²) in [6.45, 7) is 8.14. The molecule has 70 valence electrons. The van der Waals surface area contributed by atoms with Gasteiger partial charge in [0.1, 0.15) is 0 Å². The molecule has 1 amide bonds. The summed E-state index contributed by atoms with van der Waals surface area (Å²) in [4.78, 5) is 13.0. The summed E-state index contributed by atoms with van der Waals surface area (Å²) in [6, 6.07) is 0. The van der Waals surface area contributed by atoms with Crippen molar-refractivity contribution in [1.82, 2.24) is 4.90 Å². The van der Waals surface area contributed by atoms with Gasteiger partial charge in [-0.1, -0.05) is 20.3 Å². The number of hydrogen-bond donors (Lipinski definition) is 0. The van der Waals surface area contributed by atoms with Gasteiger partial charge < -0.3 is 4.90 Å².